The number of carbonyl (C=O) groups excluding carboxylic acids is 1. The number of hydrogen-bond acceptors (Lipinski definition) is 5. The molecular weight excluding hydrogens is 310 g/mol. The van der Waals surface area contributed by atoms with Crippen LogP contribution in [0.1, 0.15) is 23.0 Å². The van der Waals surface area contributed by atoms with Gasteiger partial charge in [-0.05, 0) is 42.6 Å². The molecule has 2 aromatic rings. The summed E-state index contributed by atoms with van der Waals surface area (Å²) in [6, 6.07) is 7.69. The SMILES string of the molecule is COc1ccc(-c2ncc(C(=O)N3CCC(C)(CN)C3)s2)cc1. The highest BCUT2D eigenvalue weighted by Gasteiger charge is 2.35. The van der Waals surface area contributed by atoms with E-state index in [-0.39, 0.29) is 11.3 Å². The van der Waals surface area contributed by atoms with E-state index in [2.05, 4.69) is 11.9 Å². The molecule has 1 fully saturated rings. The Bertz CT molecular complexity index is 698. The summed E-state index contributed by atoms with van der Waals surface area (Å²) in [5.41, 5.74) is 6.84. The molecule has 2 N–H and O–H groups in total. The first-order valence-corrected chi connectivity index (χ1v) is 8.46. The van der Waals surface area contributed by atoms with Crippen molar-refractivity contribution in [3.05, 3.63) is 35.3 Å². The zero-order valence-corrected chi connectivity index (χ0v) is 14.2. The van der Waals surface area contributed by atoms with Crippen LogP contribution in [0.2, 0.25) is 0 Å². The number of hydrogen-bond donors (Lipinski definition) is 1. The van der Waals surface area contributed by atoms with E-state index in [9.17, 15) is 4.79 Å². The average molecular weight is 331 g/mol. The Labute approximate surface area is 140 Å². The zero-order valence-electron chi connectivity index (χ0n) is 13.4. The smallest absolute Gasteiger partial charge is 0.265 e. The number of carbonyl (C=O) groups is 1. The number of amides is 1. The molecular formula is C17H21N3O2S. The van der Waals surface area contributed by atoms with Gasteiger partial charge in [-0.1, -0.05) is 6.92 Å². The van der Waals surface area contributed by atoms with Crippen molar-refractivity contribution in [3.8, 4) is 16.3 Å². The van der Waals surface area contributed by atoms with Gasteiger partial charge in [0, 0.05) is 18.7 Å². The summed E-state index contributed by atoms with van der Waals surface area (Å²) in [4.78, 5) is 19.6. The normalized spacial score (nSPS) is 20.7. The molecule has 0 aliphatic carbocycles. The van der Waals surface area contributed by atoms with E-state index in [0.29, 0.717) is 11.4 Å². The van der Waals surface area contributed by atoms with Crippen molar-refractivity contribution in [1.82, 2.24) is 9.88 Å². The number of benzene rings is 1. The maximum absolute atomic E-state index is 12.6. The van der Waals surface area contributed by atoms with Gasteiger partial charge in [0.05, 0.1) is 13.3 Å². The van der Waals surface area contributed by atoms with Crippen LogP contribution in [0.3, 0.4) is 0 Å². The van der Waals surface area contributed by atoms with Crippen molar-refractivity contribution in [1.29, 1.82) is 0 Å². The van der Waals surface area contributed by atoms with E-state index in [0.717, 1.165) is 35.8 Å². The fraction of sp³-hybridized carbons (Fsp3) is 0.412. The van der Waals surface area contributed by atoms with Crippen molar-refractivity contribution in [2.45, 2.75) is 13.3 Å². The molecule has 6 heteroatoms. The molecule has 0 radical (unpaired) electrons. The highest BCUT2D eigenvalue weighted by atomic mass is 32.1. The fourth-order valence-corrected chi connectivity index (χ4v) is 3.65. The molecule has 1 aliphatic rings. The molecule has 1 saturated heterocycles. The second-order valence-electron chi connectivity index (χ2n) is 6.25. The molecule has 1 amide bonds. The average Bonchev–Trinajstić information content (AvgIpc) is 3.22. The molecule has 122 valence electrons. The molecule has 1 unspecified atom stereocenters. The van der Waals surface area contributed by atoms with Crippen LogP contribution >= 0.6 is 11.3 Å². The highest BCUT2D eigenvalue weighted by molar-refractivity contribution is 7.16. The number of methoxy groups -OCH3 is 1. The third-order valence-corrected chi connectivity index (χ3v) is 5.43. The lowest BCUT2D eigenvalue weighted by atomic mass is 9.90. The Morgan fingerprint density at radius 3 is 2.78 bits per heavy atom. The molecule has 0 spiro atoms. The number of nitrogens with two attached hydrogens (primary N) is 1. The molecule has 1 aromatic heterocycles. The minimum atomic E-state index is 0.0408. The van der Waals surface area contributed by atoms with Gasteiger partial charge >= 0.3 is 0 Å². The predicted octanol–water partition coefficient (Wildman–Crippen LogP) is 2.63. The third kappa shape index (κ3) is 3.23. The molecule has 0 saturated carbocycles. The van der Waals surface area contributed by atoms with E-state index in [1.165, 1.54) is 11.3 Å². The second kappa shape index (κ2) is 6.29. The van der Waals surface area contributed by atoms with Gasteiger partial charge in [0.15, 0.2) is 0 Å². The van der Waals surface area contributed by atoms with E-state index in [1.807, 2.05) is 29.2 Å². The first-order valence-electron chi connectivity index (χ1n) is 7.64. The largest absolute Gasteiger partial charge is 0.497 e. The van der Waals surface area contributed by atoms with Crippen molar-refractivity contribution < 1.29 is 9.53 Å². The summed E-state index contributed by atoms with van der Waals surface area (Å²) in [6.07, 6.45) is 2.63. The van der Waals surface area contributed by atoms with Gasteiger partial charge < -0.3 is 15.4 Å². The summed E-state index contributed by atoms with van der Waals surface area (Å²) < 4.78 is 5.16. The molecule has 1 atom stereocenters. The number of rotatable bonds is 4. The maximum atomic E-state index is 12.6. The second-order valence-corrected chi connectivity index (χ2v) is 7.28. The number of aromatic nitrogens is 1. The molecule has 23 heavy (non-hydrogen) atoms. The Kier molecular flexibility index (Phi) is 4.37. The van der Waals surface area contributed by atoms with E-state index in [1.54, 1.807) is 13.3 Å². The quantitative estimate of drug-likeness (QED) is 0.935. The van der Waals surface area contributed by atoms with E-state index in [4.69, 9.17) is 10.5 Å². The van der Waals surface area contributed by atoms with Gasteiger partial charge in [0.1, 0.15) is 15.6 Å². The third-order valence-electron chi connectivity index (χ3n) is 4.39. The van der Waals surface area contributed by atoms with Gasteiger partial charge in [-0.15, -0.1) is 11.3 Å². The van der Waals surface area contributed by atoms with Gasteiger partial charge in [-0.3, -0.25) is 4.79 Å². The van der Waals surface area contributed by atoms with Crippen LogP contribution in [0.4, 0.5) is 0 Å². The van der Waals surface area contributed by atoms with Crippen molar-refractivity contribution in [2.24, 2.45) is 11.1 Å². The van der Waals surface area contributed by atoms with Crippen molar-refractivity contribution >= 4 is 17.2 Å². The van der Waals surface area contributed by atoms with Gasteiger partial charge in [0.2, 0.25) is 0 Å². The number of ether oxygens (including phenoxy) is 1. The van der Waals surface area contributed by atoms with Crippen molar-refractivity contribution in [3.63, 3.8) is 0 Å². The Hall–Kier alpha value is -1.92. The number of likely N-dealkylation sites (tertiary alicyclic amines) is 1. The van der Waals surface area contributed by atoms with Crippen LogP contribution < -0.4 is 10.5 Å². The maximum Gasteiger partial charge on any atom is 0.265 e. The lowest BCUT2D eigenvalue weighted by molar-refractivity contribution is 0.0781. The Balaban J connectivity index is 1.75. The van der Waals surface area contributed by atoms with Crippen LogP contribution in [-0.2, 0) is 0 Å². The van der Waals surface area contributed by atoms with Gasteiger partial charge in [0.25, 0.3) is 5.91 Å². The minimum absolute atomic E-state index is 0.0408. The predicted molar refractivity (Wildman–Crippen MR) is 91.8 cm³/mol. The topological polar surface area (TPSA) is 68.5 Å². The molecule has 1 aliphatic heterocycles. The van der Waals surface area contributed by atoms with Crippen LogP contribution in [0.5, 0.6) is 5.75 Å². The Morgan fingerprint density at radius 2 is 2.17 bits per heavy atom. The first kappa shape index (κ1) is 16.0. The highest BCUT2D eigenvalue weighted by Crippen LogP contribution is 2.32. The van der Waals surface area contributed by atoms with E-state index >= 15 is 0 Å². The summed E-state index contributed by atoms with van der Waals surface area (Å²) >= 11 is 1.43. The van der Waals surface area contributed by atoms with Crippen LogP contribution in [0.15, 0.2) is 30.5 Å². The van der Waals surface area contributed by atoms with Crippen molar-refractivity contribution in [2.75, 3.05) is 26.7 Å². The molecule has 1 aromatic carbocycles. The standard InChI is InChI=1S/C17H21N3O2S/c1-17(10-18)7-8-20(11-17)16(21)14-9-19-15(23-14)12-3-5-13(22-2)6-4-12/h3-6,9H,7-8,10-11,18H2,1-2H3. The fourth-order valence-electron chi connectivity index (χ4n) is 2.76. The van der Waals surface area contributed by atoms with Crippen LogP contribution in [-0.4, -0.2) is 42.5 Å². The van der Waals surface area contributed by atoms with Crippen LogP contribution in [0, 0.1) is 5.41 Å². The summed E-state index contributed by atoms with van der Waals surface area (Å²) in [5.74, 6) is 0.860. The lowest BCUT2D eigenvalue weighted by Crippen LogP contribution is -2.34. The molecule has 5 nitrogen and oxygen atoms in total. The molecule has 3 rings (SSSR count). The molecule has 0 bridgehead atoms. The summed E-state index contributed by atoms with van der Waals surface area (Å²) in [6.45, 7) is 4.23. The summed E-state index contributed by atoms with van der Waals surface area (Å²) in [5, 5.41) is 0.844. The van der Waals surface area contributed by atoms with Gasteiger partial charge in [-0.2, -0.15) is 0 Å². The van der Waals surface area contributed by atoms with Crippen LogP contribution in [0.25, 0.3) is 10.6 Å². The first-order chi connectivity index (χ1) is 11.0. The summed E-state index contributed by atoms with van der Waals surface area (Å²) in [7, 11) is 1.64. The monoisotopic (exact) mass is 331 g/mol. The Morgan fingerprint density at radius 1 is 1.43 bits per heavy atom. The lowest BCUT2D eigenvalue weighted by Gasteiger charge is -2.22. The van der Waals surface area contributed by atoms with E-state index < -0.39 is 0 Å². The minimum Gasteiger partial charge on any atom is -0.497 e. The van der Waals surface area contributed by atoms with Gasteiger partial charge in [-0.25, -0.2) is 4.98 Å². The number of nitrogens with zero attached hydrogens (tertiary/aromatic N) is 2. The number of thiazole rings is 1. The zero-order chi connectivity index (χ0) is 16.4. The molecule has 2 heterocycles.